The molecule has 3 aromatic carbocycles. The Labute approximate surface area is 186 Å². The Kier molecular flexibility index (Phi) is 5.81. The first-order chi connectivity index (χ1) is 15.4. The Morgan fingerprint density at radius 1 is 0.969 bits per heavy atom. The normalized spacial score (nSPS) is 15.4. The van der Waals surface area contributed by atoms with Gasteiger partial charge in [-0.15, -0.1) is 0 Å². The number of amides is 1. The van der Waals surface area contributed by atoms with Crippen molar-refractivity contribution in [3.63, 3.8) is 0 Å². The van der Waals surface area contributed by atoms with Gasteiger partial charge in [-0.25, -0.2) is 5.01 Å². The van der Waals surface area contributed by atoms with E-state index in [-0.39, 0.29) is 11.9 Å². The highest BCUT2D eigenvalue weighted by Crippen LogP contribution is 2.40. The van der Waals surface area contributed by atoms with E-state index >= 15 is 0 Å². The summed E-state index contributed by atoms with van der Waals surface area (Å²) in [6.07, 6.45) is 0.460. The van der Waals surface area contributed by atoms with E-state index in [1.54, 1.807) is 14.2 Å². The van der Waals surface area contributed by atoms with E-state index in [0.717, 1.165) is 16.3 Å². The summed E-state index contributed by atoms with van der Waals surface area (Å²) in [6.45, 7) is 2.85. The van der Waals surface area contributed by atoms with E-state index < -0.39 is 5.97 Å². The third kappa shape index (κ3) is 3.89. The van der Waals surface area contributed by atoms with Gasteiger partial charge in [-0.2, -0.15) is 5.10 Å². The van der Waals surface area contributed by atoms with Gasteiger partial charge in [-0.05, 0) is 29.1 Å². The predicted octanol–water partition coefficient (Wildman–Crippen LogP) is 4.48. The molecule has 1 heterocycles. The van der Waals surface area contributed by atoms with Crippen molar-refractivity contribution in [1.29, 1.82) is 0 Å². The smallest absolute Gasteiger partial charge is 0.308 e. The average molecular weight is 432 g/mol. The maximum Gasteiger partial charge on any atom is 0.308 e. The zero-order chi connectivity index (χ0) is 22.8. The van der Waals surface area contributed by atoms with Gasteiger partial charge in [0.1, 0.15) is 5.75 Å². The first-order valence-corrected chi connectivity index (χ1v) is 10.2. The highest BCUT2D eigenvalue weighted by Gasteiger charge is 2.33. The number of fused-ring (bicyclic) bond motifs is 1. The summed E-state index contributed by atoms with van der Waals surface area (Å²) in [7, 11) is 3.15. The van der Waals surface area contributed by atoms with Crippen molar-refractivity contribution < 1.29 is 23.8 Å². The topological polar surface area (TPSA) is 77.4 Å². The maximum atomic E-state index is 12.4. The molecule has 0 saturated heterocycles. The molecule has 1 atom stereocenters. The lowest BCUT2D eigenvalue weighted by Crippen LogP contribution is -2.24. The van der Waals surface area contributed by atoms with Crippen LogP contribution < -0.4 is 14.2 Å². The van der Waals surface area contributed by atoms with Crippen LogP contribution in [0.2, 0.25) is 0 Å². The van der Waals surface area contributed by atoms with Crippen molar-refractivity contribution >= 4 is 28.4 Å². The van der Waals surface area contributed by atoms with Crippen molar-refractivity contribution in [2.24, 2.45) is 5.10 Å². The Morgan fingerprint density at radius 3 is 2.41 bits per heavy atom. The first-order valence-electron chi connectivity index (χ1n) is 10.2. The molecular weight excluding hydrogens is 408 g/mol. The number of nitrogens with zero attached hydrogens (tertiary/aromatic N) is 2. The number of ether oxygens (including phenoxy) is 3. The van der Waals surface area contributed by atoms with E-state index in [0.29, 0.717) is 34.9 Å². The fourth-order valence-corrected chi connectivity index (χ4v) is 4.01. The van der Waals surface area contributed by atoms with Gasteiger partial charge in [0, 0.05) is 31.2 Å². The van der Waals surface area contributed by atoms with Crippen LogP contribution in [0.25, 0.3) is 10.8 Å². The third-order valence-electron chi connectivity index (χ3n) is 5.46. The number of hydrogen-bond donors (Lipinski definition) is 0. The van der Waals surface area contributed by atoms with E-state index in [4.69, 9.17) is 14.2 Å². The predicted molar refractivity (Wildman–Crippen MR) is 121 cm³/mol. The van der Waals surface area contributed by atoms with Gasteiger partial charge >= 0.3 is 5.97 Å². The average Bonchev–Trinajstić information content (AvgIpc) is 3.24. The molecular formula is C25H24N2O5. The monoisotopic (exact) mass is 432 g/mol. The van der Waals surface area contributed by atoms with Gasteiger partial charge in [0.05, 0.1) is 26.0 Å². The molecule has 32 heavy (non-hydrogen) atoms. The summed E-state index contributed by atoms with van der Waals surface area (Å²) < 4.78 is 16.4. The number of carbonyl (C=O) groups excluding carboxylic acids is 2. The molecule has 0 aromatic heterocycles. The van der Waals surface area contributed by atoms with Crippen LogP contribution in [0.15, 0.2) is 59.7 Å². The molecule has 0 unspecified atom stereocenters. The van der Waals surface area contributed by atoms with Crippen LogP contribution in [-0.4, -0.2) is 36.8 Å². The van der Waals surface area contributed by atoms with Gasteiger partial charge < -0.3 is 14.2 Å². The molecule has 1 aliphatic rings. The molecule has 0 aliphatic carbocycles. The molecule has 0 radical (unpaired) electrons. The van der Waals surface area contributed by atoms with Gasteiger partial charge in [-0.3, -0.25) is 9.59 Å². The summed E-state index contributed by atoms with van der Waals surface area (Å²) >= 11 is 0. The lowest BCUT2D eigenvalue weighted by Gasteiger charge is -2.21. The highest BCUT2D eigenvalue weighted by molar-refractivity contribution is 6.10. The molecule has 1 amide bonds. The van der Waals surface area contributed by atoms with Crippen LogP contribution >= 0.6 is 0 Å². The Morgan fingerprint density at radius 2 is 1.72 bits per heavy atom. The highest BCUT2D eigenvalue weighted by atomic mass is 16.5. The van der Waals surface area contributed by atoms with E-state index in [2.05, 4.69) is 5.10 Å². The summed E-state index contributed by atoms with van der Waals surface area (Å²) in [5, 5.41) is 7.85. The summed E-state index contributed by atoms with van der Waals surface area (Å²) in [5.74, 6) is 1.03. The number of hydrazone groups is 1. The summed E-state index contributed by atoms with van der Waals surface area (Å²) in [4.78, 5) is 24.3. The Balaban J connectivity index is 1.79. The molecule has 0 N–H and O–H groups in total. The second-order valence-electron chi connectivity index (χ2n) is 7.50. The SMILES string of the molecule is COc1ccc([C@@H]2CC(c3ccc4ccccc4c3OC(C)=O)=NN2C(C)=O)cc1OC. The number of carbonyl (C=O) groups is 2. The first kappa shape index (κ1) is 21.4. The minimum Gasteiger partial charge on any atom is -0.493 e. The molecule has 0 spiro atoms. The van der Waals surface area contributed by atoms with Crippen LogP contribution in [0.3, 0.4) is 0 Å². The maximum absolute atomic E-state index is 12.4. The minimum absolute atomic E-state index is 0.186. The minimum atomic E-state index is -0.416. The lowest BCUT2D eigenvalue weighted by atomic mass is 9.95. The number of rotatable bonds is 5. The van der Waals surface area contributed by atoms with E-state index in [9.17, 15) is 9.59 Å². The van der Waals surface area contributed by atoms with Crippen LogP contribution in [0.1, 0.15) is 37.4 Å². The third-order valence-corrected chi connectivity index (χ3v) is 5.46. The van der Waals surface area contributed by atoms with Crippen LogP contribution in [0.5, 0.6) is 17.2 Å². The van der Waals surface area contributed by atoms with Crippen molar-refractivity contribution in [2.45, 2.75) is 26.3 Å². The number of hydrogen-bond acceptors (Lipinski definition) is 6. The zero-order valence-electron chi connectivity index (χ0n) is 18.4. The molecule has 7 nitrogen and oxygen atoms in total. The second-order valence-corrected chi connectivity index (χ2v) is 7.50. The standard InChI is InChI=1S/C25H24N2O5/c1-15(28)27-22(18-10-12-23(30-3)24(13-18)31-4)14-21(26-27)20-11-9-17-7-5-6-8-19(17)25(20)32-16(2)29/h5-13,22H,14H2,1-4H3/t22-/m0/s1. The summed E-state index contributed by atoms with van der Waals surface area (Å²) in [5.41, 5.74) is 2.22. The quantitative estimate of drug-likeness (QED) is 0.439. The van der Waals surface area contributed by atoms with Gasteiger partial charge in [0.15, 0.2) is 11.5 Å². The summed E-state index contributed by atoms with van der Waals surface area (Å²) in [6, 6.07) is 16.8. The fourth-order valence-electron chi connectivity index (χ4n) is 4.01. The van der Waals surface area contributed by atoms with Crippen LogP contribution in [-0.2, 0) is 9.59 Å². The number of esters is 1. The van der Waals surface area contributed by atoms with Crippen molar-refractivity contribution in [3.05, 3.63) is 65.7 Å². The van der Waals surface area contributed by atoms with Crippen molar-refractivity contribution in [3.8, 4) is 17.2 Å². The Hall–Kier alpha value is -3.87. The van der Waals surface area contributed by atoms with Crippen molar-refractivity contribution in [1.82, 2.24) is 5.01 Å². The number of methoxy groups -OCH3 is 2. The fraction of sp³-hybridized carbons (Fsp3) is 0.240. The Bertz CT molecular complexity index is 1230. The molecule has 164 valence electrons. The largest absolute Gasteiger partial charge is 0.493 e. The van der Waals surface area contributed by atoms with E-state index in [1.807, 2.05) is 54.6 Å². The van der Waals surface area contributed by atoms with Crippen LogP contribution in [0.4, 0.5) is 0 Å². The van der Waals surface area contributed by atoms with Crippen molar-refractivity contribution in [2.75, 3.05) is 14.2 Å². The molecule has 7 heteroatoms. The molecule has 1 aliphatic heterocycles. The van der Waals surface area contributed by atoms with Gasteiger partial charge in [0.25, 0.3) is 0 Å². The lowest BCUT2D eigenvalue weighted by molar-refractivity contribution is -0.132. The molecule has 0 saturated carbocycles. The molecule has 0 fully saturated rings. The van der Waals surface area contributed by atoms with Gasteiger partial charge in [0.2, 0.25) is 5.91 Å². The van der Waals surface area contributed by atoms with Crippen LogP contribution in [0, 0.1) is 0 Å². The molecule has 0 bridgehead atoms. The second kappa shape index (κ2) is 8.70. The molecule has 4 rings (SSSR count). The zero-order valence-corrected chi connectivity index (χ0v) is 18.4. The number of benzene rings is 3. The van der Waals surface area contributed by atoms with Gasteiger partial charge in [-0.1, -0.05) is 36.4 Å². The molecule has 3 aromatic rings. The van der Waals surface area contributed by atoms with E-state index in [1.165, 1.54) is 18.9 Å².